The van der Waals surface area contributed by atoms with Crippen LogP contribution in [-0.4, -0.2) is 36.9 Å². The summed E-state index contributed by atoms with van der Waals surface area (Å²) in [5.41, 5.74) is 0.0956. The predicted octanol–water partition coefficient (Wildman–Crippen LogP) is 5.79. The molecular formula is C25H28F3N3O3. The van der Waals surface area contributed by atoms with Crippen LogP contribution in [0.15, 0.2) is 30.3 Å². The third kappa shape index (κ3) is 5.04. The highest BCUT2D eigenvalue weighted by molar-refractivity contribution is 5.92. The molecule has 0 spiro atoms. The van der Waals surface area contributed by atoms with Gasteiger partial charge in [0.25, 0.3) is 5.92 Å². The third-order valence-electron chi connectivity index (χ3n) is 5.91. The number of hydrogen-bond donors (Lipinski definition) is 1. The van der Waals surface area contributed by atoms with E-state index in [-0.39, 0.29) is 5.56 Å². The second-order valence-electron chi connectivity index (χ2n) is 8.64. The summed E-state index contributed by atoms with van der Waals surface area (Å²) in [5.74, 6) is -1.91. The maximum absolute atomic E-state index is 14.9. The fraction of sp³-hybridized carbons (Fsp3) is 0.440. The second kappa shape index (κ2) is 9.66. The Kier molecular flexibility index (Phi) is 6.84. The molecule has 4 rings (SSSR count). The Hall–Kier alpha value is -3.07. The fourth-order valence-electron chi connectivity index (χ4n) is 4.06. The van der Waals surface area contributed by atoms with Gasteiger partial charge in [0.05, 0.1) is 37.4 Å². The van der Waals surface area contributed by atoms with Crippen molar-refractivity contribution in [2.24, 2.45) is 5.92 Å². The van der Waals surface area contributed by atoms with Gasteiger partial charge in [-0.25, -0.2) is 23.1 Å². The van der Waals surface area contributed by atoms with Crippen LogP contribution in [0.1, 0.15) is 43.3 Å². The molecule has 0 bridgehead atoms. The van der Waals surface area contributed by atoms with Crippen LogP contribution in [0.2, 0.25) is 0 Å². The highest BCUT2D eigenvalue weighted by Gasteiger charge is 2.30. The summed E-state index contributed by atoms with van der Waals surface area (Å²) in [7, 11) is 1.56. The molecule has 6 nitrogen and oxygen atoms in total. The average Bonchev–Trinajstić information content (AvgIpc) is 3.30. The van der Waals surface area contributed by atoms with E-state index < -0.39 is 23.3 Å². The molecule has 34 heavy (non-hydrogen) atoms. The topological polar surface area (TPSA) is 65.5 Å². The highest BCUT2D eigenvalue weighted by atomic mass is 19.3. The number of aromatic nitrogens is 2. The highest BCUT2D eigenvalue weighted by Crippen LogP contribution is 2.37. The number of alkyl halides is 2. The lowest BCUT2D eigenvalue weighted by Gasteiger charge is -2.21. The standard InChI is InChI=1S/C25H28F3N3O3/c1-14(17-6-5-7-19(23(17)26)25(3,27)28)29-24-18-10-22(34-13-16-8-9-33-12-16)21(32-4)11-20(18)30-15(2)31-24/h5-7,10-11,14,16H,8-9,12-13H2,1-4H3,(H,29,30,31)/t14-,16-/m1/s1. The van der Waals surface area contributed by atoms with Gasteiger partial charge in [-0.3, -0.25) is 0 Å². The zero-order valence-corrected chi connectivity index (χ0v) is 19.6. The summed E-state index contributed by atoms with van der Waals surface area (Å²) in [6.07, 6.45) is 0.934. The summed E-state index contributed by atoms with van der Waals surface area (Å²) < 4.78 is 59.5. The van der Waals surface area contributed by atoms with E-state index in [1.165, 1.54) is 12.1 Å². The van der Waals surface area contributed by atoms with E-state index in [9.17, 15) is 13.2 Å². The van der Waals surface area contributed by atoms with Crippen LogP contribution in [0.3, 0.4) is 0 Å². The number of nitrogens with one attached hydrogen (secondary N) is 1. The van der Waals surface area contributed by atoms with Crippen LogP contribution in [0.25, 0.3) is 10.9 Å². The zero-order valence-electron chi connectivity index (χ0n) is 19.6. The molecule has 9 heteroatoms. The van der Waals surface area contributed by atoms with Crippen LogP contribution < -0.4 is 14.8 Å². The van der Waals surface area contributed by atoms with Gasteiger partial charge >= 0.3 is 0 Å². The lowest BCUT2D eigenvalue weighted by Crippen LogP contribution is -2.16. The number of rotatable bonds is 8. The maximum atomic E-state index is 14.9. The molecule has 0 radical (unpaired) electrons. The van der Waals surface area contributed by atoms with Gasteiger partial charge in [0.1, 0.15) is 17.5 Å². The minimum atomic E-state index is -3.29. The molecule has 2 atom stereocenters. The van der Waals surface area contributed by atoms with Crippen molar-refractivity contribution in [3.63, 3.8) is 0 Å². The number of nitrogens with zero attached hydrogens (tertiary/aromatic N) is 2. The molecule has 0 aliphatic carbocycles. The zero-order chi connectivity index (χ0) is 24.5. The van der Waals surface area contributed by atoms with Gasteiger partial charge in [0, 0.05) is 36.5 Å². The fourth-order valence-corrected chi connectivity index (χ4v) is 4.06. The van der Waals surface area contributed by atoms with Crippen molar-refractivity contribution < 1.29 is 27.4 Å². The normalized spacial score (nSPS) is 17.1. The van der Waals surface area contributed by atoms with Crippen molar-refractivity contribution >= 4 is 16.7 Å². The molecule has 2 aromatic carbocycles. The number of aryl methyl sites for hydroxylation is 1. The first-order valence-corrected chi connectivity index (χ1v) is 11.2. The largest absolute Gasteiger partial charge is 0.493 e. The number of hydrogen-bond acceptors (Lipinski definition) is 6. The smallest absolute Gasteiger partial charge is 0.273 e. The molecule has 1 N–H and O–H groups in total. The Balaban J connectivity index is 1.68. The van der Waals surface area contributed by atoms with E-state index >= 15 is 0 Å². The number of ether oxygens (including phenoxy) is 3. The van der Waals surface area contributed by atoms with Gasteiger partial charge in [-0.2, -0.15) is 0 Å². The first kappa shape index (κ1) is 24.1. The summed E-state index contributed by atoms with van der Waals surface area (Å²) >= 11 is 0. The van der Waals surface area contributed by atoms with Gasteiger partial charge in [0.15, 0.2) is 11.5 Å². The van der Waals surface area contributed by atoms with Crippen molar-refractivity contribution in [1.82, 2.24) is 9.97 Å². The summed E-state index contributed by atoms with van der Waals surface area (Å²) in [6, 6.07) is 6.92. The first-order valence-electron chi connectivity index (χ1n) is 11.2. The molecule has 1 aliphatic heterocycles. The summed E-state index contributed by atoms with van der Waals surface area (Å²) in [6.45, 7) is 5.98. The molecule has 1 aliphatic rings. The molecule has 2 heterocycles. The molecule has 1 aromatic heterocycles. The average molecular weight is 476 g/mol. The molecule has 1 fully saturated rings. The van der Waals surface area contributed by atoms with E-state index in [1.807, 2.05) is 0 Å². The summed E-state index contributed by atoms with van der Waals surface area (Å²) in [5, 5.41) is 3.82. The monoisotopic (exact) mass is 475 g/mol. The van der Waals surface area contributed by atoms with Crippen LogP contribution >= 0.6 is 0 Å². The molecule has 0 amide bonds. The van der Waals surface area contributed by atoms with Gasteiger partial charge in [-0.05, 0) is 26.3 Å². The predicted molar refractivity (Wildman–Crippen MR) is 123 cm³/mol. The first-order chi connectivity index (χ1) is 16.2. The quantitative estimate of drug-likeness (QED) is 0.445. The second-order valence-corrected chi connectivity index (χ2v) is 8.64. The Morgan fingerprint density at radius 1 is 1.24 bits per heavy atom. The van der Waals surface area contributed by atoms with Gasteiger partial charge in [-0.1, -0.05) is 18.2 Å². The molecule has 0 saturated carbocycles. The Morgan fingerprint density at radius 2 is 2.03 bits per heavy atom. The van der Waals surface area contributed by atoms with Gasteiger partial charge in [0.2, 0.25) is 0 Å². The minimum absolute atomic E-state index is 0.120. The number of anilines is 1. The van der Waals surface area contributed by atoms with Gasteiger partial charge in [-0.15, -0.1) is 0 Å². The molecule has 0 unspecified atom stereocenters. The van der Waals surface area contributed by atoms with Crippen molar-refractivity contribution in [1.29, 1.82) is 0 Å². The van der Waals surface area contributed by atoms with Crippen LogP contribution in [-0.2, 0) is 10.7 Å². The Labute approximate surface area is 196 Å². The number of fused-ring (bicyclic) bond motifs is 1. The summed E-state index contributed by atoms with van der Waals surface area (Å²) in [4.78, 5) is 8.98. The van der Waals surface area contributed by atoms with Crippen molar-refractivity contribution in [2.75, 3.05) is 32.2 Å². The van der Waals surface area contributed by atoms with Crippen LogP contribution in [0.4, 0.5) is 19.0 Å². The minimum Gasteiger partial charge on any atom is -0.493 e. The third-order valence-corrected chi connectivity index (χ3v) is 5.91. The van der Waals surface area contributed by atoms with Gasteiger partial charge < -0.3 is 19.5 Å². The molecule has 1 saturated heterocycles. The van der Waals surface area contributed by atoms with E-state index in [1.54, 1.807) is 33.1 Å². The number of benzene rings is 2. The number of halogens is 3. The number of methoxy groups -OCH3 is 1. The SMILES string of the molecule is COc1cc2nc(C)nc(N[C@H](C)c3cccc(C(C)(F)F)c3F)c2cc1OC[C@@H]1CCOC1. The Morgan fingerprint density at radius 3 is 2.71 bits per heavy atom. The van der Waals surface area contributed by atoms with Crippen molar-refractivity contribution in [2.45, 2.75) is 39.2 Å². The van der Waals surface area contributed by atoms with Crippen molar-refractivity contribution in [3.8, 4) is 11.5 Å². The van der Waals surface area contributed by atoms with E-state index in [0.29, 0.717) is 60.1 Å². The van der Waals surface area contributed by atoms with Crippen LogP contribution in [0.5, 0.6) is 11.5 Å². The van der Waals surface area contributed by atoms with E-state index in [4.69, 9.17) is 14.2 Å². The van der Waals surface area contributed by atoms with Crippen molar-refractivity contribution in [3.05, 3.63) is 53.1 Å². The van der Waals surface area contributed by atoms with E-state index in [2.05, 4.69) is 15.3 Å². The molecule has 3 aromatic rings. The maximum Gasteiger partial charge on any atom is 0.273 e. The van der Waals surface area contributed by atoms with Crippen LogP contribution in [0, 0.1) is 18.7 Å². The Bertz CT molecular complexity index is 1180. The molecular weight excluding hydrogens is 447 g/mol. The lowest BCUT2D eigenvalue weighted by molar-refractivity contribution is 0.0136. The lowest BCUT2D eigenvalue weighted by atomic mass is 10.0. The molecule has 182 valence electrons. The van der Waals surface area contributed by atoms with E-state index in [0.717, 1.165) is 19.1 Å².